The molecule has 2 N–H and O–H groups in total. The van der Waals surface area contributed by atoms with Crippen molar-refractivity contribution in [3.63, 3.8) is 0 Å². The number of hydrogen-bond donors (Lipinski definition) is 2. The van der Waals surface area contributed by atoms with Crippen LogP contribution >= 0.6 is 0 Å². The maximum absolute atomic E-state index is 13.3. The van der Waals surface area contributed by atoms with Gasteiger partial charge >= 0.3 is 12.1 Å². The number of esters is 1. The fourth-order valence-electron chi connectivity index (χ4n) is 4.58. The first kappa shape index (κ1) is 35.6. The number of benzene rings is 2. The summed E-state index contributed by atoms with van der Waals surface area (Å²) in [4.78, 5) is 50.3. The fourth-order valence-corrected chi connectivity index (χ4v) is 4.58. The van der Waals surface area contributed by atoms with Gasteiger partial charge in [-0.25, -0.2) is 9.59 Å². The third kappa shape index (κ3) is 12.6. The number of hydrogen-bond acceptors (Lipinski definition) is 7. The summed E-state index contributed by atoms with van der Waals surface area (Å²) in [5, 5.41) is 5.59. The molecule has 2 aromatic carbocycles. The van der Waals surface area contributed by atoms with Crippen LogP contribution in [-0.2, 0) is 32.1 Å². The van der Waals surface area contributed by atoms with Crippen LogP contribution < -0.4 is 15.4 Å². The Morgan fingerprint density at radius 3 is 2.33 bits per heavy atom. The van der Waals surface area contributed by atoms with Crippen molar-refractivity contribution in [2.24, 2.45) is 0 Å². The molecule has 2 aromatic rings. The van der Waals surface area contributed by atoms with Crippen molar-refractivity contribution in [1.82, 2.24) is 10.6 Å². The van der Waals surface area contributed by atoms with Crippen molar-refractivity contribution in [3.05, 3.63) is 114 Å². The number of ketones is 1. The van der Waals surface area contributed by atoms with Gasteiger partial charge in [0, 0.05) is 12.5 Å². The Hall–Kier alpha value is -4.92. The molecule has 2 atom stereocenters. The lowest BCUT2D eigenvalue weighted by atomic mass is 9.99. The molecule has 2 amide bonds. The second-order valence-corrected chi connectivity index (χ2v) is 12.0. The van der Waals surface area contributed by atoms with E-state index in [-0.39, 0.29) is 19.1 Å². The molecule has 244 valence electrons. The molecule has 0 aromatic heterocycles. The molecule has 0 spiro atoms. The molecule has 9 heteroatoms. The Morgan fingerprint density at radius 1 is 0.957 bits per heavy atom. The van der Waals surface area contributed by atoms with Crippen LogP contribution in [0.2, 0.25) is 0 Å². The summed E-state index contributed by atoms with van der Waals surface area (Å²) in [6, 6.07) is 12.9. The predicted molar refractivity (Wildman–Crippen MR) is 177 cm³/mol. The van der Waals surface area contributed by atoms with Crippen LogP contribution in [0, 0.1) is 0 Å². The predicted octanol–water partition coefficient (Wildman–Crippen LogP) is 6.34. The van der Waals surface area contributed by atoms with Gasteiger partial charge in [-0.05, 0) is 87.1 Å². The normalized spacial score (nSPS) is 17.3. The van der Waals surface area contributed by atoms with Crippen LogP contribution in [0.25, 0.3) is 0 Å². The van der Waals surface area contributed by atoms with Gasteiger partial charge in [-0.2, -0.15) is 0 Å². The van der Waals surface area contributed by atoms with Gasteiger partial charge in [0.1, 0.15) is 18.0 Å². The number of methoxy groups -OCH3 is 1. The molecule has 1 aliphatic carbocycles. The van der Waals surface area contributed by atoms with E-state index in [1.807, 2.05) is 18.2 Å². The standard InChI is InChI=1S/C37H44N2O7/c1-26-12-10-8-6-7-9-11-13-31(26)38-34(41)23-22-33(40)32(39-36(43)46-37(2,3)4)24-27-16-20-30(21-17-27)45-25-28-14-18-29(19-15-28)35(42)44-5/h6,8,10,12,14-23,31-32H,1,7,9,11,13,24-25H2,2-5H3,(H,38,41)(H,39,43)/b8-6-,12-10-,23-22+/t31-,32+/m1/s1. The molecule has 0 bridgehead atoms. The van der Waals surface area contributed by atoms with Gasteiger partial charge in [-0.15, -0.1) is 0 Å². The van der Waals surface area contributed by atoms with E-state index in [0.29, 0.717) is 11.3 Å². The molecular weight excluding hydrogens is 584 g/mol. The van der Waals surface area contributed by atoms with Crippen LogP contribution in [0.15, 0.2) is 97.1 Å². The maximum Gasteiger partial charge on any atom is 0.408 e. The number of carbonyl (C=O) groups is 4. The van der Waals surface area contributed by atoms with Crippen molar-refractivity contribution >= 4 is 23.8 Å². The Labute approximate surface area is 271 Å². The number of amides is 2. The van der Waals surface area contributed by atoms with Gasteiger partial charge in [-0.1, -0.05) is 61.6 Å². The summed E-state index contributed by atoms with van der Waals surface area (Å²) >= 11 is 0. The van der Waals surface area contributed by atoms with E-state index in [2.05, 4.69) is 23.3 Å². The molecule has 0 saturated heterocycles. The van der Waals surface area contributed by atoms with Gasteiger partial charge in [0.2, 0.25) is 5.91 Å². The lowest BCUT2D eigenvalue weighted by Gasteiger charge is -2.23. The van der Waals surface area contributed by atoms with E-state index in [9.17, 15) is 19.2 Å². The zero-order valence-corrected chi connectivity index (χ0v) is 27.0. The van der Waals surface area contributed by atoms with E-state index in [1.165, 1.54) is 19.3 Å². The molecule has 9 nitrogen and oxygen atoms in total. The maximum atomic E-state index is 13.3. The highest BCUT2D eigenvalue weighted by atomic mass is 16.6. The van der Waals surface area contributed by atoms with Gasteiger partial charge in [0.05, 0.1) is 24.8 Å². The first-order valence-electron chi connectivity index (χ1n) is 15.4. The lowest BCUT2D eigenvalue weighted by molar-refractivity contribution is -0.119. The average molecular weight is 629 g/mol. The molecule has 0 heterocycles. The molecule has 0 unspecified atom stereocenters. The van der Waals surface area contributed by atoms with E-state index in [0.717, 1.165) is 42.4 Å². The van der Waals surface area contributed by atoms with Crippen molar-refractivity contribution < 1.29 is 33.4 Å². The van der Waals surface area contributed by atoms with Gasteiger partial charge in [0.15, 0.2) is 5.78 Å². The number of rotatable bonds is 11. The second-order valence-electron chi connectivity index (χ2n) is 12.0. The second kappa shape index (κ2) is 17.5. The third-order valence-corrected chi connectivity index (χ3v) is 7.01. The minimum Gasteiger partial charge on any atom is -0.489 e. The van der Waals surface area contributed by atoms with Crippen molar-refractivity contribution in [1.29, 1.82) is 0 Å². The first-order valence-corrected chi connectivity index (χ1v) is 15.4. The van der Waals surface area contributed by atoms with Crippen LogP contribution in [0.1, 0.15) is 67.9 Å². The Morgan fingerprint density at radius 2 is 1.65 bits per heavy atom. The molecular formula is C37H44N2O7. The Kier molecular flexibility index (Phi) is 13.6. The molecule has 0 aliphatic heterocycles. The summed E-state index contributed by atoms with van der Waals surface area (Å²) in [5.74, 6) is -0.671. The molecule has 1 aliphatic rings. The van der Waals surface area contributed by atoms with Crippen molar-refractivity contribution in [2.75, 3.05) is 7.11 Å². The van der Waals surface area contributed by atoms with E-state index in [4.69, 9.17) is 14.2 Å². The number of ether oxygens (including phenoxy) is 3. The van der Waals surface area contributed by atoms with E-state index < -0.39 is 35.4 Å². The van der Waals surface area contributed by atoms with Crippen molar-refractivity contribution in [2.45, 2.75) is 77.2 Å². The highest BCUT2D eigenvalue weighted by Crippen LogP contribution is 2.17. The van der Waals surface area contributed by atoms with Gasteiger partial charge in [0.25, 0.3) is 0 Å². The van der Waals surface area contributed by atoms with Gasteiger partial charge in [-0.3, -0.25) is 9.59 Å². The summed E-state index contributed by atoms with van der Waals surface area (Å²) < 4.78 is 16.0. The number of carbonyl (C=O) groups excluding carboxylic acids is 4. The smallest absolute Gasteiger partial charge is 0.408 e. The zero-order chi connectivity index (χ0) is 33.5. The van der Waals surface area contributed by atoms with E-state index >= 15 is 0 Å². The molecule has 3 rings (SSSR count). The third-order valence-electron chi connectivity index (χ3n) is 7.01. The van der Waals surface area contributed by atoms with Crippen LogP contribution in [0.4, 0.5) is 4.79 Å². The Bertz CT molecular complexity index is 1450. The summed E-state index contributed by atoms with van der Waals surface area (Å²) in [5.41, 5.74) is 2.12. The van der Waals surface area contributed by atoms with Crippen LogP contribution in [0.5, 0.6) is 5.75 Å². The topological polar surface area (TPSA) is 120 Å². The monoisotopic (exact) mass is 628 g/mol. The van der Waals surface area contributed by atoms with Crippen LogP contribution in [0.3, 0.4) is 0 Å². The fraction of sp³-hybridized carbons (Fsp3) is 0.351. The summed E-state index contributed by atoms with van der Waals surface area (Å²) in [6.07, 6.45) is 13.3. The average Bonchev–Trinajstić information content (AvgIpc) is 3.02. The highest BCUT2D eigenvalue weighted by molar-refractivity contribution is 6.01. The summed E-state index contributed by atoms with van der Waals surface area (Å²) in [6.45, 7) is 9.58. The van der Waals surface area contributed by atoms with Crippen LogP contribution in [-0.4, -0.2) is 48.5 Å². The minimum absolute atomic E-state index is 0.164. The quantitative estimate of drug-likeness (QED) is 0.220. The first-order chi connectivity index (χ1) is 21.9. The molecule has 46 heavy (non-hydrogen) atoms. The minimum atomic E-state index is -0.975. The highest BCUT2D eigenvalue weighted by Gasteiger charge is 2.24. The SMILES string of the molecule is C=C1/C=C\C=C/CCCC[C@H]1NC(=O)/C=C/C(=O)[C@H](Cc1ccc(OCc2ccc(C(=O)OC)cc2)cc1)NC(=O)OC(C)(C)C. The van der Waals surface area contributed by atoms with Gasteiger partial charge < -0.3 is 24.8 Å². The summed E-state index contributed by atoms with van der Waals surface area (Å²) in [7, 11) is 1.33. The zero-order valence-electron chi connectivity index (χ0n) is 27.0. The molecule has 0 saturated carbocycles. The number of allylic oxidation sites excluding steroid dienone is 3. The molecule has 0 radical (unpaired) electrons. The van der Waals surface area contributed by atoms with E-state index in [1.54, 1.807) is 69.3 Å². The lowest BCUT2D eigenvalue weighted by Crippen LogP contribution is -2.44. The van der Waals surface area contributed by atoms with Crippen molar-refractivity contribution in [3.8, 4) is 5.75 Å². The molecule has 0 fully saturated rings. The number of nitrogens with one attached hydrogen (secondary N) is 2. The number of alkyl carbamates (subject to hydrolysis) is 1. The largest absolute Gasteiger partial charge is 0.489 e. The Balaban J connectivity index is 1.65.